The molecule has 42 heavy (non-hydrogen) atoms. The average Bonchev–Trinajstić information content (AvgIpc) is 3.30. The number of rotatable bonds is 9. The number of carbonyl (C=O) groups is 1. The van der Waals surface area contributed by atoms with Crippen molar-refractivity contribution < 1.29 is 14.3 Å². The van der Waals surface area contributed by atoms with E-state index in [1.165, 1.54) is 11.3 Å². The Bertz CT molecular complexity index is 1820. The molecule has 0 fully saturated rings. The van der Waals surface area contributed by atoms with Gasteiger partial charge in [0.2, 0.25) is 0 Å². The molecular weight excluding hydrogens is 614 g/mol. The Morgan fingerprint density at radius 2 is 1.76 bits per heavy atom. The van der Waals surface area contributed by atoms with Gasteiger partial charge in [-0.1, -0.05) is 75.8 Å². The molecule has 0 bridgehead atoms. The second-order valence-electron chi connectivity index (χ2n) is 9.76. The lowest BCUT2D eigenvalue weighted by molar-refractivity contribution is -0.127. The number of benzene rings is 3. The summed E-state index contributed by atoms with van der Waals surface area (Å²) in [7, 11) is 1.59. The zero-order chi connectivity index (χ0) is 29.8. The summed E-state index contributed by atoms with van der Waals surface area (Å²) in [4.78, 5) is 35.1. The maximum atomic E-state index is 14.2. The number of carbonyl (C=O) groups excluding carboxylic acids is 1. The van der Waals surface area contributed by atoms with Gasteiger partial charge in [0.25, 0.3) is 11.5 Å². The first kappa shape index (κ1) is 29.5. The van der Waals surface area contributed by atoms with Crippen molar-refractivity contribution in [1.29, 1.82) is 0 Å². The highest BCUT2D eigenvalue weighted by Gasteiger charge is 2.35. The van der Waals surface area contributed by atoms with Gasteiger partial charge in [-0.05, 0) is 56.7 Å². The third kappa shape index (κ3) is 5.84. The molecule has 0 saturated carbocycles. The van der Waals surface area contributed by atoms with E-state index in [0.717, 1.165) is 21.2 Å². The van der Waals surface area contributed by atoms with E-state index in [-0.39, 0.29) is 11.5 Å². The van der Waals surface area contributed by atoms with Gasteiger partial charge >= 0.3 is 0 Å². The number of thiazole rings is 1. The van der Waals surface area contributed by atoms with Crippen molar-refractivity contribution in [2.24, 2.45) is 4.99 Å². The van der Waals surface area contributed by atoms with Crippen LogP contribution in [-0.4, -0.2) is 35.6 Å². The van der Waals surface area contributed by atoms with Crippen LogP contribution >= 0.6 is 27.3 Å². The van der Waals surface area contributed by atoms with Crippen LogP contribution in [0.2, 0.25) is 0 Å². The summed E-state index contributed by atoms with van der Waals surface area (Å²) in [6.45, 7) is 7.21. The van der Waals surface area contributed by atoms with Gasteiger partial charge in [0, 0.05) is 28.7 Å². The number of amides is 1. The van der Waals surface area contributed by atoms with Crippen LogP contribution in [0.4, 0.5) is 0 Å². The Hall–Kier alpha value is -3.95. The maximum absolute atomic E-state index is 14.2. The van der Waals surface area contributed by atoms with E-state index in [4.69, 9.17) is 14.5 Å². The molecule has 2 heterocycles. The molecule has 1 atom stereocenters. The van der Waals surface area contributed by atoms with Gasteiger partial charge in [-0.3, -0.25) is 14.2 Å². The van der Waals surface area contributed by atoms with Crippen molar-refractivity contribution in [3.63, 3.8) is 0 Å². The number of nitrogens with zero attached hydrogens (tertiary/aromatic N) is 3. The standard InChI is InChI=1S/C33H32BrN3O4S/c1-5-36(6-2)32(39)29-21(3)35-33-37(30(29)25-14-10-11-15-27(25)40-4)31(38)28(42-33)19-23-18-24(34)16-17-26(23)41-20-22-12-8-7-9-13-22/h7-19,30H,5-6,20H2,1-4H3/b28-19+/t30-/m0/s1. The summed E-state index contributed by atoms with van der Waals surface area (Å²) in [5.41, 5.74) is 3.35. The Labute approximate surface area is 257 Å². The molecule has 0 aliphatic carbocycles. The number of hydrogen-bond acceptors (Lipinski definition) is 6. The number of methoxy groups -OCH3 is 1. The van der Waals surface area contributed by atoms with Gasteiger partial charge in [-0.25, -0.2) is 4.99 Å². The normalized spacial score (nSPS) is 14.8. The molecule has 1 aliphatic heterocycles. The molecule has 0 saturated heterocycles. The predicted molar refractivity (Wildman–Crippen MR) is 170 cm³/mol. The molecular formula is C33H32BrN3O4S. The summed E-state index contributed by atoms with van der Waals surface area (Å²) >= 11 is 4.85. The molecule has 5 rings (SSSR count). The van der Waals surface area contributed by atoms with E-state index in [1.54, 1.807) is 16.6 Å². The van der Waals surface area contributed by atoms with E-state index in [2.05, 4.69) is 15.9 Å². The maximum Gasteiger partial charge on any atom is 0.271 e. The van der Waals surface area contributed by atoms with Gasteiger partial charge in [0.1, 0.15) is 24.1 Å². The van der Waals surface area contributed by atoms with Crippen molar-refractivity contribution in [1.82, 2.24) is 9.47 Å². The van der Waals surface area contributed by atoms with Crippen LogP contribution in [0.3, 0.4) is 0 Å². The van der Waals surface area contributed by atoms with Gasteiger partial charge < -0.3 is 14.4 Å². The van der Waals surface area contributed by atoms with Crippen molar-refractivity contribution >= 4 is 39.2 Å². The Morgan fingerprint density at radius 3 is 2.48 bits per heavy atom. The van der Waals surface area contributed by atoms with Crippen LogP contribution in [0.1, 0.15) is 43.5 Å². The minimum absolute atomic E-state index is 0.143. The number of fused-ring (bicyclic) bond motifs is 1. The number of allylic oxidation sites excluding steroid dienone is 1. The fourth-order valence-corrected chi connectivity index (χ4v) is 6.52. The second-order valence-corrected chi connectivity index (χ2v) is 11.7. The summed E-state index contributed by atoms with van der Waals surface area (Å²) in [5.74, 6) is 1.11. The second kappa shape index (κ2) is 12.9. The Kier molecular flexibility index (Phi) is 9.09. The van der Waals surface area contributed by atoms with Gasteiger partial charge in [0.05, 0.1) is 22.9 Å². The number of likely N-dealkylation sites (N-methyl/N-ethyl adjacent to an activating group) is 1. The smallest absolute Gasteiger partial charge is 0.271 e. The van der Waals surface area contributed by atoms with E-state index in [1.807, 2.05) is 99.6 Å². The first-order chi connectivity index (χ1) is 20.4. The van der Waals surface area contributed by atoms with Crippen LogP contribution in [0.15, 0.2) is 98.3 Å². The molecule has 0 spiro atoms. The molecule has 1 amide bonds. The molecule has 3 aromatic carbocycles. The highest BCUT2D eigenvalue weighted by atomic mass is 79.9. The zero-order valence-corrected chi connectivity index (χ0v) is 26.4. The summed E-state index contributed by atoms with van der Waals surface area (Å²) < 4.78 is 14.9. The summed E-state index contributed by atoms with van der Waals surface area (Å²) in [5, 5.41) is 0. The van der Waals surface area contributed by atoms with E-state index < -0.39 is 6.04 Å². The first-order valence-electron chi connectivity index (χ1n) is 13.8. The lowest BCUT2D eigenvalue weighted by Gasteiger charge is -2.29. The Morgan fingerprint density at radius 1 is 1.05 bits per heavy atom. The third-order valence-corrected chi connectivity index (χ3v) is 8.71. The van der Waals surface area contributed by atoms with Crippen molar-refractivity contribution in [3.8, 4) is 11.5 Å². The van der Waals surface area contributed by atoms with Crippen LogP contribution in [0.25, 0.3) is 6.08 Å². The van der Waals surface area contributed by atoms with E-state index in [0.29, 0.717) is 51.8 Å². The predicted octanol–water partition coefficient (Wildman–Crippen LogP) is 5.45. The molecule has 0 N–H and O–H groups in total. The lowest BCUT2D eigenvalue weighted by atomic mass is 9.94. The van der Waals surface area contributed by atoms with E-state index >= 15 is 0 Å². The van der Waals surface area contributed by atoms with E-state index in [9.17, 15) is 9.59 Å². The average molecular weight is 647 g/mol. The molecule has 0 unspecified atom stereocenters. The molecule has 9 heteroatoms. The van der Waals surface area contributed by atoms with Crippen molar-refractivity contribution in [2.75, 3.05) is 20.2 Å². The Balaban J connectivity index is 1.67. The van der Waals surface area contributed by atoms with Gasteiger partial charge in [-0.2, -0.15) is 0 Å². The summed E-state index contributed by atoms with van der Waals surface area (Å²) in [6.07, 6.45) is 1.83. The third-order valence-electron chi connectivity index (χ3n) is 7.23. The number of para-hydroxylation sites is 1. The molecule has 216 valence electrons. The quantitative estimate of drug-likeness (QED) is 0.243. The fourth-order valence-electron chi connectivity index (χ4n) is 5.10. The summed E-state index contributed by atoms with van der Waals surface area (Å²) in [6, 6.07) is 22.5. The highest BCUT2D eigenvalue weighted by molar-refractivity contribution is 9.10. The van der Waals surface area contributed by atoms with Gasteiger partial charge in [0.15, 0.2) is 4.80 Å². The molecule has 0 radical (unpaired) electrons. The number of halogens is 1. The SMILES string of the molecule is CCN(CC)C(=O)C1=C(C)N=c2s/c(=C/c3cc(Br)ccc3OCc3ccccc3)c(=O)n2[C@H]1c1ccccc1OC. The topological polar surface area (TPSA) is 73.1 Å². The molecule has 7 nitrogen and oxygen atoms in total. The lowest BCUT2D eigenvalue weighted by Crippen LogP contribution is -2.43. The fraction of sp³-hybridized carbons (Fsp3) is 0.242. The molecule has 1 aromatic heterocycles. The molecule has 4 aromatic rings. The van der Waals surface area contributed by atoms with Crippen LogP contribution in [-0.2, 0) is 11.4 Å². The first-order valence-corrected chi connectivity index (χ1v) is 15.4. The van der Waals surface area contributed by atoms with Gasteiger partial charge in [-0.15, -0.1) is 0 Å². The highest BCUT2D eigenvalue weighted by Crippen LogP contribution is 2.36. The zero-order valence-electron chi connectivity index (χ0n) is 24.0. The monoisotopic (exact) mass is 645 g/mol. The van der Waals surface area contributed by atoms with Crippen molar-refractivity contribution in [3.05, 3.63) is 125 Å². The minimum atomic E-state index is -0.691. The van der Waals surface area contributed by atoms with Crippen LogP contribution in [0.5, 0.6) is 11.5 Å². The number of hydrogen-bond donors (Lipinski definition) is 0. The minimum Gasteiger partial charge on any atom is -0.496 e. The number of aromatic nitrogens is 1. The number of ether oxygens (including phenoxy) is 2. The van der Waals surface area contributed by atoms with Crippen molar-refractivity contribution in [2.45, 2.75) is 33.4 Å². The van der Waals surface area contributed by atoms with Crippen LogP contribution < -0.4 is 24.4 Å². The molecule has 1 aliphatic rings. The van der Waals surface area contributed by atoms with Crippen LogP contribution in [0, 0.1) is 0 Å². The largest absolute Gasteiger partial charge is 0.496 e.